The number of amides is 1. The topological polar surface area (TPSA) is 115 Å². The Morgan fingerprint density at radius 2 is 2.00 bits per heavy atom. The van der Waals surface area contributed by atoms with Crippen molar-refractivity contribution in [1.82, 2.24) is 10.2 Å². The summed E-state index contributed by atoms with van der Waals surface area (Å²) in [5, 5.41) is 20.1. The van der Waals surface area contributed by atoms with Gasteiger partial charge in [-0.15, -0.1) is 10.2 Å². The highest BCUT2D eigenvalue weighted by atomic mass is 32.2. The van der Waals surface area contributed by atoms with Crippen LogP contribution in [0.4, 0.5) is 5.69 Å². The quantitative estimate of drug-likeness (QED) is 0.511. The van der Waals surface area contributed by atoms with Crippen LogP contribution in [0.3, 0.4) is 0 Å². The molecule has 0 aliphatic carbocycles. The number of ketones is 1. The zero-order chi connectivity index (χ0) is 18.8. The van der Waals surface area contributed by atoms with Gasteiger partial charge in [0.15, 0.2) is 12.4 Å². The third-order valence-electron chi connectivity index (χ3n) is 3.78. The maximum absolute atomic E-state index is 12.4. The standard InChI is InChI=1S/C18H13N3O5S/c22-12-4-1-10(2-5-12)17-20-21-18(26-17)27-9-14(23)11-3-6-15-13(7-11)19-16(24)8-25-15/h1-7,22H,8-9H2,(H,19,24). The molecule has 0 atom stereocenters. The number of thioether (sulfide) groups is 1. The van der Waals surface area contributed by atoms with Gasteiger partial charge >= 0.3 is 0 Å². The maximum atomic E-state index is 12.4. The van der Waals surface area contributed by atoms with E-state index in [4.69, 9.17) is 9.15 Å². The Bertz CT molecular complexity index is 1020. The number of hydrogen-bond donors (Lipinski definition) is 2. The first kappa shape index (κ1) is 17.1. The van der Waals surface area contributed by atoms with Crippen molar-refractivity contribution in [3.8, 4) is 23.0 Å². The number of carbonyl (C=O) groups excluding carboxylic acids is 2. The minimum atomic E-state index is -0.255. The molecule has 2 heterocycles. The molecule has 0 saturated carbocycles. The van der Waals surface area contributed by atoms with Gasteiger partial charge in [0.25, 0.3) is 11.1 Å². The molecule has 0 fully saturated rings. The second kappa shape index (κ2) is 7.12. The summed E-state index contributed by atoms with van der Waals surface area (Å²) in [6.45, 7) is -0.0311. The predicted octanol–water partition coefficient (Wildman–Crippen LogP) is 2.75. The van der Waals surface area contributed by atoms with Gasteiger partial charge in [-0.05, 0) is 42.5 Å². The van der Waals surface area contributed by atoms with Crippen molar-refractivity contribution in [2.24, 2.45) is 0 Å². The molecule has 0 unspecified atom stereocenters. The monoisotopic (exact) mass is 383 g/mol. The normalized spacial score (nSPS) is 12.8. The van der Waals surface area contributed by atoms with Crippen molar-refractivity contribution in [3.63, 3.8) is 0 Å². The van der Waals surface area contributed by atoms with Crippen molar-refractivity contribution in [2.75, 3.05) is 17.7 Å². The third-order valence-corrected chi connectivity index (χ3v) is 4.60. The van der Waals surface area contributed by atoms with Crippen LogP contribution in [0, 0.1) is 0 Å². The molecule has 0 saturated heterocycles. The van der Waals surface area contributed by atoms with Gasteiger partial charge in [0.2, 0.25) is 5.89 Å². The summed E-state index contributed by atoms with van der Waals surface area (Å²) in [7, 11) is 0. The molecule has 2 N–H and O–H groups in total. The highest BCUT2D eigenvalue weighted by molar-refractivity contribution is 7.99. The molecule has 0 bridgehead atoms. The molecular formula is C18H13N3O5S. The van der Waals surface area contributed by atoms with Crippen molar-refractivity contribution in [3.05, 3.63) is 48.0 Å². The van der Waals surface area contributed by atoms with E-state index < -0.39 is 0 Å². The fourth-order valence-electron chi connectivity index (χ4n) is 2.46. The van der Waals surface area contributed by atoms with Gasteiger partial charge < -0.3 is 19.6 Å². The zero-order valence-corrected chi connectivity index (χ0v) is 14.7. The summed E-state index contributed by atoms with van der Waals surface area (Å²) in [6.07, 6.45) is 0. The number of aromatic nitrogens is 2. The van der Waals surface area contributed by atoms with Gasteiger partial charge in [0, 0.05) is 11.1 Å². The first-order valence-corrected chi connectivity index (χ1v) is 8.93. The zero-order valence-electron chi connectivity index (χ0n) is 13.8. The van der Waals surface area contributed by atoms with E-state index in [-0.39, 0.29) is 35.0 Å². The maximum Gasteiger partial charge on any atom is 0.277 e. The van der Waals surface area contributed by atoms with Crippen molar-refractivity contribution in [1.29, 1.82) is 0 Å². The number of phenolic OH excluding ortho intramolecular Hbond substituents is 1. The first-order valence-electron chi connectivity index (χ1n) is 7.94. The smallest absolute Gasteiger partial charge is 0.277 e. The average molecular weight is 383 g/mol. The lowest BCUT2D eigenvalue weighted by Gasteiger charge is -2.18. The second-order valence-corrected chi connectivity index (χ2v) is 6.61. The highest BCUT2D eigenvalue weighted by Crippen LogP contribution is 2.30. The average Bonchev–Trinajstić information content (AvgIpc) is 3.15. The van der Waals surface area contributed by atoms with Crippen LogP contribution in [-0.4, -0.2) is 39.4 Å². The molecule has 1 aliphatic heterocycles. The Labute approximate surface area is 157 Å². The van der Waals surface area contributed by atoms with Crippen LogP contribution >= 0.6 is 11.8 Å². The number of aromatic hydroxyl groups is 1. The molecule has 8 nitrogen and oxygen atoms in total. The molecule has 9 heteroatoms. The van der Waals surface area contributed by atoms with E-state index in [0.717, 1.165) is 11.8 Å². The van der Waals surface area contributed by atoms with Crippen LogP contribution < -0.4 is 10.1 Å². The summed E-state index contributed by atoms with van der Waals surface area (Å²) < 4.78 is 10.8. The van der Waals surface area contributed by atoms with E-state index in [1.54, 1.807) is 30.3 Å². The van der Waals surface area contributed by atoms with Gasteiger partial charge in [-0.2, -0.15) is 0 Å². The molecule has 0 spiro atoms. The minimum Gasteiger partial charge on any atom is -0.508 e. The number of carbonyl (C=O) groups is 2. The molecule has 2 aromatic carbocycles. The van der Waals surface area contributed by atoms with Gasteiger partial charge in [-0.3, -0.25) is 9.59 Å². The van der Waals surface area contributed by atoms with Gasteiger partial charge in [0.1, 0.15) is 11.5 Å². The fraction of sp³-hybridized carbons (Fsp3) is 0.111. The summed E-state index contributed by atoms with van der Waals surface area (Å²) >= 11 is 1.12. The lowest BCUT2D eigenvalue weighted by atomic mass is 10.1. The number of fused-ring (bicyclic) bond motifs is 1. The number of rotatable bonds is 5. The Morgan fingerprint density at radius 1 is 1.19 bits per heavy atom. The van der Waals surface area contributed by atoms with E-state index >= 15 is 0 Å². The van der Waals surface area contributed by atoms with Gasteiger partial charge in [-0.1, -0.05) is 11.8 Å². The Balaban J connectivity index is 1.42. The van der Waals surface area contributed by atoms with Crippen LogP contribution in [-0.2, 0) is 4.79 Å². The number of phenols is 1. The molecule has 3 aromatic rings. The molecule has 4 rings (SSSR count). The van der Waals surface area contributed by atoms with Crippen LogP contribution in [0.5, 0.6) is 11.5 Å². The number of nitrogens with zero attached hydrogens (tertiary/aromatic N) is 2. The molecule has 1 amide bonds. The number of benzene rings is 2. The molecule has 1 aliphatic rings. The minimum absolute atomic E-state index is 0.0311. The third kappa shape index (κ3) is 3.77. The van der Waals surface area contributed by atoms with Crippen LogP contribution in [0.1, 0.15) is 10.4 Å². The summed E-state index contributed by atoms with van der Waals surface area (Å²) in [5.41, 5.74) is 1.60. The Kier molecular flexibility index (Phi) is 4.51. The summed E-state index contributed by atoms with van der Waals surface area (Å²) in [6, 6.07) is 11.3. The van der Waals surface area contributed by atoms with Gasteiger partial charge in [-0.25, -0.2) is 0 Å². The van der Waals surface area contributed by atoms with E-state index in [9.17, 15) is 14.7 Å². The molecule has 27 heavy (non-hydrogen) atoms. The lowest BCUT2D eigenvalue weighted by molar-refractivity contribution is -0.118. The summed E-state index contributed by atoms with van der Waals surface area (Å²) in [4.78, 5) is 23.8. The Morgan fingerprint density at radius 3 is 2.81 bits per heavy atom. The van der Waals surface area contributed by atoms with Crippen LogP contribution in [0.2, 0.25) is 0 Å². The van der Waals surface area contributed by atoms with Gasteiger partial charge in [0.05, 0.1) is 11.4 Å². The number of hydrogen-bond acceptors (Lipinski definition) is 8. The second-order valence-electron chi connectivity index (χ2n) is 5.68. The molecular weight excluding hydrogens is 370 g/mol. The van der Waals surface area contributed by atoms with Crippen molar-refractivity contribution < 1.29 is 23.8 Å². The lowest BCUT2D eigenvalue weighted by Crippen LogP contribution is -2.25. The Hall–Kier alpha value is -3.33. The van der Waals surface area contributed by atoms with E-state index in [0.29, 0.717) is 28.5 Å². The van der Waals surface area contributed by atoms with Crippen molar-refractivity contribution >= 4 is 29.1 Å². The molecule has 0 radical (unpaired) electrons. The molecule has 1 aromatic heterocycles. The summed E-state index contributed by atoms with van der Waals surface area (Å²) in [5.74, 6) is 0.684. The highest BCUT2D eigenvalue weighted by Gasteiger charge is 2.18. The fourth-order valence-corrected chi connectivity index (χ4v) is 3.11. The number of nitrogens with one attached hydrogen (secondary N) is 1. The number of ether oxygens (including phenoxy) is 1. The van der Waals surface area contributed by atoms with Crippen LogP contribution in [0.25, 0.3) is 11.5 Å². The van der Waals surface area contributed by atoms with E-state index in [1.165, 1.54) is 12.1 Å². The number of Topliss-reactive ketones (excluding diaryl/α,β-unsaturated/α-hetero) is 1. The van der Waals surface area contributed by atoms with E-state index in [1.807, 2.05) is 0 Å². The van der Waals surface area contributed by atoms with Crippen molar-refractivity contribution in [2.45, 2.75) is 5.22 Å². The van der Waals surface area contributed by atoms with Crippen LogP contribution in [0.15, 0.2) is 52.1 Å². The molecule has 136 valence electrons. The first-order chi connectivity index (χ1) is 13.1. The largest absolute Gasteiger partial charge is 0.508 e. The predicted molar refractivity (Wildman–Crippen MR) is 97.0 cm³/mol. The number of anilines is 1. The van der Waals surface area contributed by atoms with E-state index in [2.05, 4.69) is 15.5 Å². The SMILES string of the molecule is O=C1COc2ccc(C(=O)CSc3nnc(-c4ccc(O)cc4)o3)cc2N1.